The molecule has 0 bridgehead atoms. The Morgan fingerprint density at radius 1 is 1.50 bits per heavy atom. The second-order valence-corrected chi connectivity index (χ2v) is 2.33. The van der Waals surface area contributed by atoms with Gasteiger partial charge in [0.25, 0.3) is 0 Å². The van der Waals surface area contributed by atoms with Crippen LogP contribution in [0.25, 0.3) is 5.65 Å². The normalized spacial score (nSPS) is 10.4. The van der Waals surface area contributed by atoms with Gasteiger partial charge in [-0.3, -0.25) is 0 Å². The van der Waals surface area contributed by atoms with E-state index in [1.807, 2.05) is 13.0 Å². The largest absolute Gasteiger partial charge is 0.354 e. The van der Waals surface area contributed by atoms with Crippen molar-refractivity contribution in [3.8, 4) is 0 Å². The van der Waals surface area contributed by atoms with Crippen molar-refractivity contribution < 1.29 is 0 Å². The van der Waals surface area contributed by atoms with Gasteiger partial charge in [-0.15, -0.1) is 0 Å². The average Bonchev–Trinajstić information content (AvgIpc) is 2.53. The number of nitrogens with zero attached hydrogens (tertiary/aromatic N) is 4. The van der Waals surface area contributed by atoms with Gasteiger partial charge in [0, 0.05) is 18.8 Å². The first-order valence-electron chi connectivity index (χ1n) is 3.80. The highest BCUT2D eigenvalue weighted by atomic mass is 15.3. The molecule has 0 unspecified atom stereocenters. The van der Waals surface area contributed by atoms with Crippen LogP contribution in [0.3, 0.4) is 0 Å². The lowest BCUT2D eigenvalue weighted by Gasteiger charge is -2.01. The standard InChI is InChI=1S/C7H9N5/c1-2-8-7-9-4-3-6-10-5-11-12(6)7/h3-5H,2H2,1H3,(H,8,9). The summed E-state index contributed by atoms with van der Waals surface area (Å²) >= 11 is 0. The van der Waals surface area contributed by atoms with Crippen LogP contribution in [0.15, 0.2) is 18.6 Å². The first kappa shape index (κ1) is 7.02. The van der Waals surface area contributed by atoms with Crippen LogP contribution in [0.2, 0.25) is 0 Å². The number of rotatable bonds is 2. The van der Waals surface area contributed by atoms with Gasteiger partial charge in [0.05, 0.1) is 0 Å². The topological polar surface area (TPSA) is 55.1 Å². The molecule has 0 saturated carbocycles. The Morgan fingerprint density at radius 3 is 3.25 bits per heavy atom. The lowest BCUT2D eigenvalue weighted by atomic mass is 10.6. The minimum atomic E-state index is 0.729. The highest BCUT2D eigenvalue weighted by molar-refractivity contribution is 5.42. The van der Waals surface area contributed by atoms with Crippen LogP contribution in [0.1, 0.15) is 6.92 Å². The van der Waals surface area contributed by atoms with Crippen LogP contribution in [-0.4, -0.2) is 26.1 Å². The average molecular weight is 163 g/mol. The van der Waals surface area contributed by atoms with E-state index in [0.29, 0.717) is 0 Å². The molecule has 5 nitrogen and oxygen atoms in total. The van der Waals surface area contributed by atoms with Crippen molar-refractivity contribution in [2.45, 2.75) is 6.92 Å². The number of fused-ring (bicyclic) bond motifs is 1. The predicted octanol–water partition coefficient (Wildman–Crippen LogP) is 0.556. The maximum Gasteiger partial charge on any atom is 0.225 e. The lowest BCUT2D eigenvalue weighted by Crippen LogP contribution is -2.05. The maximum atomic E-state index is 4.12. The van der Waals surface area contributed by atoms with E-state index in [2.05, 4.69) is 20.4 Å². The molecule has 0 fully saturated rings. The molecule has 0 aliphatic rings. The monoisotopic (exact) mass is 163 g/mol. The lowest BCUT2D eigenvalue weighted by molar-refractivity contribution is 0.914. The summed E-state index contributed by atoms with van der Waals surface area (Å²) in [6.07, 6.45) is 3.22. The molecular formula is C7H9N5. The van der Waals surface area contributed by atoms with Crippen molar-refractivity contribution in [1.29, 1.82) is 0 Å². The molecule has 2 aromatic rings. The minimum Gasteiger partial charge on any atom is -0.354 e. The van der Waals surface area contributed by atoms with Crippen molar-refractivity contribution in [3.05, 3.63) is 18.6 Å². The Hall–Kier alpha value is -1.65. The van der Waals surface area contributed by atoms with Crippen molar-refractivity contribution in [3.63, 3.8) is 0 Å². The molecule has 0 saturated heterocycles. The molecule has 0 amide bonds. The predicted molar refractivity (Wildman–Crippen MR) is 44.9 cm³/mol. The van der Waals surface area contributed by atoms with Gasteiger partial charge in [-0.2, -0.15) is 9.61 Å². The highest BCUT2D eigenvalue weighted by Gasteiger charge is 1.99. The summed E-state index contributed by atoms with van der Waals surface area (Å²) in [7, 11) is 0. The van der Waals surface area contributed by atoms with Gasteiger partial charge in [-0.05, 0) is 6.92 Å². The Morgan fingerprint density at radius 2 is 2.42 bits per heavy atom. The van der Waals surface area contributed by atoms with Crippen LogP contribution in [0.5, 0.6) is 0 Å². The van der Waals surface area contributed by atoms with E-state index in [9.17, 15) is 0 Å². The number of anilines is 1. The SMILES string of the molecule is CCNc1nccc2ncnn12. The Labute approximate surface area is 69.5 Å². The fourth-order valence-corrected chi connectivity index (χ4v) is 1.04. The van der Waals surface area contributed by atoms with Crippen LogP contribution >= 0.6 is 0 Å². The van der Waals surface area contributed by atoms with Gasteiger partial charge < -0.3 is 5.32 Å². The van der Waals surface area contributed by atoms with Crippen molar-refractivity contribution in [1.82, 2.24) is 19.6 Å². The summed E-state index contributed by atoms with van der Waals surface area (Å²) in [6, 6.07) is 1.81. The van der Waals surface area contributed by atoms with E-state index >= 15 is 0 Å². The van der Waals surface area contributed by atoms with Gasteiger partial charge in [0.1, 0.15) is 6.33 Å². The molecule has 0 spiro atoms. The summed E-state index contributed by atoms with van der Waals surface area (Å²) in [6.45, 7) is 2.84. The molecule has 0 atom stereocenters. The Balaban J connectivity index is 2.57. The van der Waals surface area contributed by atoms with Gasteiger partial charge in [-0.1, -0.05) is 0 Å². The zero-order valence-corrected chi connectivity index (χ0v) is 6.73. The summed E-state index contributed by atoms with van der Waals surface area (Å²) in [4.78, 5) is 8.15. The highest BCUT2D eigenvalue weighted by Crippen LogP contribution is 2.03. The molecule has 2 heterocycles. The van der Waals surface area contributed by atoms with Gasteiger partial charge in [-0.25, -0.2) is 9.97 Å². The van der Waals surface area contributed by atoms with Crippen molar-refractivity contribution >= 4 is 11.6 Å². The van der Waals surface area contributed by atoms with E-state index in [-0.39, 0.29) is 0 Å². The molecule has 62 valence electrons. The molecule has 2 rings (SSSR count). The van der Waals surface area contributed by atoms with Gasteiger partial charge in [0.15, 0.2) is 5.65 Å². The number of hydrogen-bond acceptors (Lipinski definition) is 4. The zero-order chi connectivity index (χ0) is 8.39. The first-order valence-corrected chi connectivity index (χ1v) is 3.80. The fourth-order valence-electron chi connectivity index (χ4n) is 1.04. The van der Waals surface area contributed by atoms with Gasteiger partial charge in [0.2, 0.25) is 5.95 Å². The van der Waals surface area contributed by atoms with Crippen LogP contribution in [-0.2, 0) is 0 Å². The first-order chi connectivity index (χ1) is 5.92. The molecule has 0 aliphatic heterocycles. The summed E-state index contributed by atoms with van der Waals surface area (Å²) in [5.74, 6) is 0.729. The zero-order valence-electron chi connectivity index (χ0n) is 6.73. The summed E-state index contributed by atoms with van der Waals surface area (Å²) < 4.78 is 1.67. The Bertz CT molecular complexity index is 380. The second kappa shape index (κ2) is 2.77. The molecular weight excluding hydrogens is 154 g/mol. The van der Waals surface area contributed by atoms with E-state index in [0.717, 1.165) is 18.1 Å². The van der Waals surface area contributed by atoms with Crippen molar-refractivity contribution in [2.75, 3.05) is 11.9 Å². The van der Waals surface area contributed by atoms with Gasteiger partial charge >= 0.3 is 0 Å². The third kappa shape index (κ3) is 0.990. The smallest absolute Gasteiger partial charge is 0.225 e. The van der Waals surface area contributed by atoms with E-state index < -0.39 is 0 Å². The number of hydrogen-bond donors (Lipinski definition) is 1. The number of nitrogens with one attached hydrogen (secondary N) is 1. The van der Waals surface area contributed by atoms with E-state index in [1.54, 1.807) is 10.7 Å². The summed E-state index contributed by atoms with van der Waals surface area (Å²) in [5.41, 5.74) is 0.806. The molecule has 0 aromatic carbocycles. The maximum absolute atomic E-state index is 4.12. The molecule has 1 N–H and O–H groups in total. The third-order valence-corrected chi connectivity index (χ3v) is 1.53. The summed E-state index contributed by atoms with van der Waals surface area (Å²) in [5, 5.41) is 7.10. The Kier molecular flexibility index (Phi) is 1.62. The second-order valence-electron chi connectivity index (χ2n) is 2.33. The molecule has 0 aliphatic carbocycles. The molecule has 2 aromatic heterocycles. The van der Waals surface area contributed by atoms with Crippen molar-refractivity contribution in [2.24, 2.45) is 0 Å². The van der Waals surface area contributed by atoms with E-state index in [1.165, 1.54) is 6.33 Å². The van der Waals surface area contributed by atoms with Crippen LogP contribution in [0.4, 0.5) is 5.95 Å². The quantitative estimate of drug-likeness (QED) is 0.702. The number of aromatic nitrogens is 4. The fraction of sp³-hybridized carbons (Fsp3) is 0.286. The van der Waals surface area contributed by atoms with Crippen LogP contribution < -0.4 is 5.32 Å². The van der Waals surface area contributed by atoms with Crippen LogP contribution in [0, 0.1) is 0 Å². The minimum absolute atomic E-state index is 0.729. The molecule has 5 heteroatoms. The molecule has 12 heavy (non-hydrogen) atoms. The molecule has 0 radical (unpaired) electrons. The van der Waals surface area contributed by atoms with E-state index in [4.69, 9.17) is 0 Å². The third-order valence-electron chi connectivity index (χ3n) is 1.53.